The Morgan fingerprint density at radius 1 is 0.736 bits per heavy atom. The molecule has 10 unspecified atom stereocenters. The second kappa shape index (κ2) is 8.46. The molecule has 266 valence electrons. The molecule has 12 aliphatic rings. The van der Waals surface area contributed by atoms with Gasteiger partial charge in [0.25, 0.3) is 0 Å². The first-order chi connectivity index (χ1) is 25.9. The van der Waals surface area contributed by atoms with Crippen LogP contribution in [0.15, 0.2) is 41.2 Å². The van der Waals surface area contributed by atoms with Gasteiger partial charge < -0.3 is 4.40 Å². The molecule has 5 aromatic rings. The van der Waals surface area contributed by atoms with Gasteiger partial charge >= 0.3 is 0 Å². The van der Waals surface area contributed by atoms with Crippen molar-refractivity contribution in [2.24, 2.45) is 69.1 Å². The van der Waals surface area contributed by atoms with Crippen molar-refractivity contribution >= 4 is 50.3 Å². The monoisotopic (exact) mass is 693 g/mol. The summed E-state index contributed by atoms with van der Waals surface area (Å²) < 4.78 is 2.73. The lowest BCUT2D eigenvalue weighted by atomic mass is 9.37. The summed E-state index contributed by atoms with van der Waals surface area (Å²) in [5.41, 5.74) is 15.4. The first kappa shape index (κ1) is 28.2. The van der Waals surface area contributed by atoms with Crippen LogP contribution >= 0.6 is 0 Å². The zero-order valence-electron chi connectivity index (χ0n) is 31.4. The van der Waals surface area contributed by atoms with Gasteiger partial charge in [0, 0.05) is 50.6 Å². The SMILES string of the molecule is C=NC1=C(c2c(C)n3c4cnc5c(c4c4cc6cc(C78CC9CC(CC(C9)C7)C8)ccc6c2c43)C2CC3CC4CC5C34C2)C2CC3CC4CC1CC43C2. The van der Waals surface area contributed by atoms with Crippen LogP contribution in [-0.4, -0.2) is 16.1 Å². The number of aromatic nitrogens is 2. The fourth-order valence-corrected chi connectivity index (χ4v) is 19.6. The van der Waals surface area contributed by atoms with Crippen LogP contribution in [0.3, 0.4) is 0 Å². The van der Waals surface area contributed by atoms with E-state index in [0.717, 1.165) is 41.4 Å². The van der Waals surface area contributed by atoms with Gasteiger partial charge in [-0.3, -0.25) is 9.98 Å². The van der Waals surface area contributed by atoms with Crippen molar-refractivity contribution in [2.75, 3.05) is 0 Å². The number of fused-ring (bicyclic) bond motifs is 12. The summed E-state index contributed by atoms with van der Waals surface area (Å²) in [7, 11) is 0. The highest BCUT2D eigenvalue weighted by Gasteiger charge is 2.73. The number of nitrogens with zero attached hydrogens (tertiary/aromatic N) is 3. The number of hydrogen-bond acceptors (Lipinski definition) is 2. The molecule has 0 amide bonds. The van der Waals surface area contributed by atoms with Gasteiger partial charge in [0.2, 0.25) is 0 Å². The predicted octanol–water partition coefficient (Wildman–Crippen LogP) is 11.9. The smallest absolute Gasteiger partial charge is 0.0724 e. The largest absolute Gasteiger partial charge is 0.310 e. The molecule has 3 nitrogen and oxygen atoms in total. The molecule has 3 heterocycles. The molecule has 10 saturated carbocycles. The average Bonchev–Trinajstić information content (AvgIpc) is 3.90. The number of pyridine rings is 1. The van der Waals surface area contributed by atoms with Crippen molar-refractivity contribution in [3.05, 3.63) is 64.2 Å². The fourth-order valence-electron chi connectivity index (χ4n) is 19.6. The van der Waals surface area contributed by atoms with Gasteiger partial charge in [-0.1, -0.05) is 18.2 Å². The van der Waals surface area contributed by atoms with E-state index >= 15 is 0 Å². The molecule has 10 atom stereocenters. The molecule has 12 aliphatic carbocycles. The minimum absolute atomic E-state index is 0.407. The molecule has 9 bridgehead atoms. The van der Waals surface area contributed by atoms with Gasteiger partial charge in [-0.2, -0.15) is 0 Å². The number of aryl methyl sites for hydroxylation is 1. The topological polar surface area (TPSA) is 29.7 Å². The predicted molar refractivity (Wildman–Crippen MR) is 213 cm³/mol. The summed E-state index contributed by atoms with van der Waals surface area (Å²) in [6.45, 7) is 6.84. The van der Waals surface area contributed by atoms with Crippen LogP contribution in [0.4, 0.5) is 0 Å². The van der Waals surface area contributed by atoms with Crippen molar-refractivity contribution < 1.29 is 0 Å². The number of aliphatic imine (C=N–C) groups is 1. The summed E-state index contributed by atoms with van der Waals surface area (Å²) in [5.74, 6) is 9.36. The van der Waals surface area contributed by atoms with Gasteiger partial charge in [-0.15, -0.1) is 0 Å². The Kier molecular flexibility index (Phi) is 4.51. The third-order valence-electron chi connectivity index (χ3n) is 20.8. The highest BCUT2D eigenvalue weighted by Crippen LogP contribution is 2.82. The van der Waals surface area contributed by atoms with Crippen LogP contribution in [-0.2, 0) is 5.41 Å². The van der Waals surface area contributed by atoms with Crippen molar-refractivity contribution in [3.8, 4) is 0 Å². The number of allylic oxidation sites excluding steroid dienone is 2. The molecule has 0 aliphatic heterocycles. The van der Waals surface area contributed by atoms with Crippen molar-refractivity contribution in [1.29, 1.82) is 0 Å². The molecule has 3 aromatic heterocycles. The minimum Gasteiger partial charge on any atom is -0.310 e. The molecule has 10 fully saturated rings. The number of rotatable bonds is 3. The highest BCUT2D eigenvalue weighted by molar-refractivity contribution is 6.26. The van der Waals surface area contributed by atoms with E-state index in [9.17, 15) is 0 Å². The van der Waals surface area contributed by atoms with Gasteiger partial charge in [0.05, 0.1) is 17.2 Å². The quantitative estimate of drug-likeness (QED) is 0.173. The molecule has 53 heavy (non-hydrogen) atoms. The van der Waals surface area contributed by atoms with E-state index in [0.29, 0.717) is 39.9 Å². The average molecular weight is 694 g/mol. The van der Waals surface area contributed by atoms with E-state index in [4.69, 9.17) is 9.98 Å². The normalized spacial score (nSPS) is 47.0. The maximum Gasteiger partial charge on any atom is 0.0724 e. The number of benzene rings is 2. The van der Waals surface area contributed by atoms with E-state index in [1.807, 2.05) is 0 Å². The lowest BCUT2D eigenvalue weighted by Crippen LogP contribution is -2.59. The van der Waals surface area contributed by atoms with Crippen molar-refractivity contribution in [3.63, 3.8) is 0 Å². The Labute approximate surface area is 312 Å². The van der Waals surface area contributed by atoms with Gasteiger partial charge in [-0.05, 0) is 213 Å². The molecule has 17 rings (SSSR count). The van der Waals surface area contributed by atoms with Gasteiger partial charge in [0.15, 0.2) is 0 Å². The molecular formula is C50H51N3. The summed E-state index contributed by atoms with van der Waals surface area (Å²) >= 11 is 0. The Hall–Kier alpha value is -3.20. The highest BCUT2D eigenvalue weighted by atomic mass is 15.0. The Bertz CT molecular complexity index is 2620. The zero-order valence-corrected chi connectivity index (χ0v) is 31.4. The van der Waals surface area contributed by atoms with E-state index in [2.05, 4.69) is 48.5 Å². The summed E-state index contributed by atoms with van der Waals surface area (Å²) in [4.78, 5) is 10.6. The molecule has 3 heteroatoms. The van der Waals surface area contributed by atoms with E-state index in [-0.39, 0.29) is 0 Å². The van der Waals surface area contributed by atoms with Gasteiger partial charge in [-0.25, -0.2) is 0 Å². The van der Waals surface area contributed by atoms with E-state index in [1.54, 1.807) is 38.4 Å². The van der Waals surface area contributed by atoms with Crippen LogP contribution < -0.4 is 0 Å². The van der Waals surface area contributed by atoms with Crippen LogP contribution in [0.1, 0.15) is 136 Å². The second-order valence-corrected chi connectivity index (χ2v) is 22.2. The van der Waals surface area contributed by atoms with Crippen LogP contribution in [0, 0.1) is 71.0 Å². The van der Waals surface area contributed by atoms with Crippen LogP contribution in [0.2, 0.25) is 0 Å². The lowest BCUT2D eigenvalue weighted by molar-refractivity contribution is -0.147. The minimum atomic E-state index is 0.407. The fraction of sp³-hybridized carbons (Fsp3) is 0.600. The third kappa shape index (κ3) is 2.82. The first-order valence-electron chi connectivity index (χ1n) is 22.3. The maximum atomic E-state index is 5.56. The standard InChI is InChI=1S/C50H51N3/c1-23-40(41-28-9-32-13-33-11-30(45(41)51-2)20-49(32,33)19-28)44-36-4-3-31(48-16-24-5-25(17-48)7-26(6-24)18-48)8-27(36)12-37-43-39(53(23)47(37)44)22-52-46-38-15-35-14-34-10-29(42(43)46)21-50(34,35)38/h3-4,8,12,22,24-26,28-30,32-35,38H,2,5-7,9-11,13-21H2,1H3. The maximum absolute atomic E-state index is 5.56. The van der Waals surface area contributed by atoms with Crippen molar-refractivity contribution in [1.82, 2.24) is 9.38 Å². The van der Waals surface area contributed by atoms with E-state index in [1.165, 1.54) is 135 Å². The van der Waals surface area contributed by atoms with Crippen molar-refractivity contribution in [2.45, 2.75) is 120 Å². The molecular weight excluding hydrogens is 643 g/mol. The summed E-state index contributed by atoms with van der Waals surface area (Å²) in [6, 6.07) is 10.7. The summed E-state index contributed by atoms with van der Waals surface area (Å²) in [5, 5.41) is 7.67. The van der Waals surface area contributed by atoms with Crippen LogP contribution in [0.25, 0.3) is 43.5 Å². The molecule has 2 spiro atoms. The zero-order chi connectivity index (χ0) is 34.1. The van der Waals surface area contributed by atoms with Crippen LogP contribution in [0.5, 0.6) is 0 Å². The lowest BCUT2D eigenvalue weighted by Gasteiger charge is -2.67. The second-order valence-electron chi connectivity index (χ2n) is 22.2. The Morgan fingerprint density at radius 3 is 2.26 bits per heavy atom. The molecule has 2 aromatic carbocycles. The number of hydrogen-bond donors (Lipinski definition) is 0. The third-order valence-corrected chi connectivity index (χ3v) is 20.8. The summed E-state index contributed by atoms with van der Waals surface area (Å²) in [6.07, 6.45) is 23.9. The molecule has 0 radical (unpaired) electrons. The van der Waals surface area contributed by atoms with E-state index < -0.39 is 0 Å². The molecule has 0 N–H and O–H groups in total. The Balaban J connectivity index is 1.02. The van der Waals surface area contributed by atoms with Gasteiger partial charge in [0.1, 0.15) is 0 Å². The Morgan fingerprint density at radius 2 is 1.47 bits per heavy atom. The first-order valence-corrected chi connectivity index (χ1v) is 22.3. The molecule has 0 saturated heterocycles.